The Morgan fingerprint density at radius 3 is 2.60 bits per heavy atom. The molecule has 0 saturated carbocycles. The Bertz CT molecular complexity index is 99.4. The van der Waals surface area contributed by atoms with E-state index in [9.17, 15) is 0 Å². The molecule has 2 heteroatoms. The first-order chi connectivity index (χ1) is 4.66. The van der Waals surface area contributed by atoms with Gasteiger partial charge in [-0.15, -0.1) is 0 Å². The van der Waals surface area contributed by atoms with Crippen molar-refractivity contribution in [3.8, 4) is 0 Å². The molecule has 10 heavy (non-hydrogen) atoms. The van der Waals surface area contributed by atoms with Crippen LogP contribution >= 0.6 is 0 Å². The van der Waals surface area contributed by atoms with E-state index < -0.39 is 0 Å². The lowest BCUT2D eigenvalue weighted by atomic mass is 10.2. The van der Waals surface area contributed by atoms with Crippen molar-refractivity contribution in [2.24, 2.45) is 0 Å². The van der Waals surface area contributed by atoms with E-state index in [1.807, 2.05) is 14.0 Å². The molecule has 0 aliphatic heterocycles. The minimum absolute atomic E-state index is 0.532. The molecule has 0 fully saturated rings. The molecule has 0 saturated heterocycles. The van der Waals surface area contributed by atoms with Gasteiger partial charge in [0.2, 0.25) is 0 Å². The van der Waals surface area contributed by atoms with Gasteiger partial charge >= 0.3 is 0 Å². The van der Waals surface area contributed by atoms with Crippen molar-refractivity contribution in [3.05, 3.63) is 12.3 Å². The SMILES string of the molecule is C=C(C)NC(C)CCNC. The van der Waals surface area contributed by atoms with Crippen molar-refractivity contribution in [2.45, 2.75) is 26.3 Å². The number of hydrogen-bond acceptors (Lipinski definition) is 2. The van der Waals surface area contributed by atoms with Crippen LogP contribution in [0, 0.1) is 0 Å². The summed E-state index contributed by atoms with van der Waals surface area (Å²) in [4.78, 5) is 0. The number of allylic oxidation sites excluding steroid dienone is 1. The highest BCUT2D eigenvalue weighted by Crippen LogP contribution is 1.91. The quantitative estimate of drug-likeness (QED) is 0.601. The molecular formula is C8H18N2. The first-order valence-electron chi connectivity index (χ1n) is 3.73. The minimum atomic E-state index is 0.532. The first-order valence-corrected chi connectivity index (χ1v) is 3.73. The molecule has 0 rings (SSSR count). The van der Waals surface area contributed by atoms with E-state index in [0.29, 0.717) is 6.04 Å². The van der Waals surface area contributed by atoms with Crippen molar-refractivity contribution in [1.82, 2.24) is 10.6 Å². The van der Waals surface area contributed by atoms with Crippen LogP contribution in [0.1, 0.15) is 20.3 Å². The van der Waals surface area contributed by atoms with Gasteiger partial charge in [-0.2, -0.15) is 0 Å². The van der Waals surface area contributed by atoms with E-state index in [4.69, 9.17) is 0 Å². The van der Waals surface area contributed by atoms with E-state index in [1.165, 1.54) is 0 Å². The van der Waals surface area contributed by atoms with E-state index in [-0.39, 0.29) is 0 Å². The van der Waals surface area contributed by atoms with Crippen LogP contribution in [0.2, 0.25) is 0 Å². The summed E-state index contributed by atoms with van der Waals surface area (Å²) in [7, 11) is 1.97. The second-order valence-corrected chi connectivity index (χ2v) is 2.72. The fourth-order valence-electron chi connectivity index (χ4n) is 0.854. The van der Waals surface area contributed by atoms with Gasteiger partial charge in [-0.1, -0.05) is 6.58 Å². The Labute approximate surface area is 63.7 Å². The monoisotopic (exact) mass is 142 g/mol. The van der Waals surface area contributed by atoms with Gasteiger partial charge in [0, 0.05) is 11.7 Å². The second-order valence-electron chi connectivity index (χ2n) is 2.72. The van der Waals surface area contributed by atoms with Gasteiger partial charge in [0.05, 0.1) is 0 Å². The van der Waals surface area contributed by atoms with Crippen LogP contribution in [-0.4, -0.2) is 19.6 Å². The predicted octanol–water partition coefficient (Wildman–Crippen LogP) is 1.11. The molecule has 0 aromatic heterocycles. The zero-order valence-electron chi connectivity index (χ0n) is 7.20. The van der Waals surface area contributed by atoms with Crippen molar-refractivity contribution in [2.75, 3.05) is 13.6 Å². The summed E-state index contributed by atoms with van der Waals surface area (Å²) >= 11 is 0. The highest BCUT2D eigenvalue weighted by atomic mass is 14.9. The largest absolute Gasteiger partial charge is 0.387 e. The predicted molar refractivity (Wildman–Crippen MR) is 46.0 cm³/mol. The van der Waals surface area contributed by atoms with E-state index in [0.717, 1.165) is 18.7 Å². The zero-order chi connectivity index (χ0) is 7.98. The Hall–Kier alpha value is -0.500. The molecule has 1 atom stereocenters. The summed E-state index contributed by atoms with van der Waals surface area (Å²) in [6, 6.07) is 0.532. The van der Waals surface area contributed by atoms with Crippen LogP contribution in [0.3, 0.4) is 0 Å². The van der Waals surface area contributed by atoms with Crippen molar-refractivity contribution < 1.29 is 0 Å². The van der Waals surface area contributed by atoms with Gasteiger partial charge in [0.25, 0.3) is 0 Å². The van der Waals surface area contributed by atoms with Gasteiger partial charge in [0.1, 0.15) is 0 Å². The fourth-order valence-corrected chi connectivity index (χ4v) is 0.854. The third kappa shape index (κ3) is 5.63. The minimum Gasteiger partial charge on any atom is -0.387 e. The lowest BCUT2D eigenvalue weighted by Gasteiger charge is -2.13. The average molecular weight is 142 g/mol. The fraction of sp³-hybridized carbons (Fsp3) is 0.750. The third-order valence-electron chi connectivity index (χ3n) is 1.32. The van der Waals surface area contributed by atoms with Gasteiger partial charge in [0.15, 0.2) is 0 Å². The summed E-state index contributed by atoms with van der Waals surface area (Å²) in [5, 5.41) is 6.35. The lowest BCUT2D eigenvalue weighted by Crippen LogP contribution is -2.27. The Kier molecular flexibility index (Phi) is 5.03. The molecule has 0 amide bonds. The summed E-state index contributed by atoms with van der Waals surface area (Å²) < 4.78 is 0. The standard InChI is InChI=1S/C8H18N2/c1-7(2)10-8(3)5-6-9-4/h8-10H,1,5-6H2,2-4H3. The molecule has 0 aromatic carbocycles. The van der Waals surface area contributed by atoms with Crippen LogP contribution in [0.5, 0.6) is 0 Å². The highest BCUT2D eigenvalue weighted by Gasteiger charge is 1.97. The Balaban J connectivity index is 3.25. The average Bonchev–Trinajstić information content (AvgIpc) is 1.82. The van der Waals surface area contributed by atoms with Gasteiger partial charge in [-0.05, 0) is 33.9 Å². The van der Waals surface area contributed by atoms with Crippen LogP contribution < -0.4 is 10.6 Å². The Morgan fingerprint density at radius 2 is 2.20 bits per heavy atom. The number of nitrogens with one attached hydrogen (secondary N) is 2. The maximum Gasteiger partial charge on any atom is 0.0241 e. The molecule has 0 aliphatic carbocycles. The maximum absolute atomic E-state index is 3.77. The molecule has 0 heterocycles. The number of hydrogen-bond donors (Lipinski definition) is 2. The topological polar surface area (TPSA) is 24.1 Å². The number of rotatable bonds is 5. The van der Waals surface area contributed by atoms with Crippen molar-refractivity contribution in [1.29, 1.82) is 0 Å². The summed E-state index contributed by atoms with van der Waals surface area (Å²) in [5.74, 6) is 0. The van der Waals surface area contributed by atoms with E-state index in [1.54, 1.807) is 0 Å². The Morgan fingerprint density at radius 1 is 1.60 bits per heavy atom. The van der Waals surface area contributed by atoms with E-state index in [2.05, 4.69) is 24.1 Å². The molecule has 0 aromatic rings. The van der Waals surface area contributed by atoms with E-state index >= 15 is 0 Å². The van der Waals surface area contributed by atoms with Gasteiger partial charge in [-0.25, -0.2) is 0 Å². The first kappa shape index (κ1) is 9.50. The molecule has 2 N–H and O–H groups in total. The van der Waals surface area contributed by atoms with Crippen LogP contribution in [0.15, 0.2) is 12.3 Å². The third-order valence-corrected chi connectivity index (χ3v) is 1.32. The summed E-state index contributed by atoms with van der Waals surface area (Å²) in [6.45, 7) is 8.97. The highest BCUT2D eigenvalue weighted by molar-refractivity contribution is 4.86. The van der Waals surface area contributed by atoms with Crippen LogP contribution in [0.25, 0.3) is 0 Å². The van der Waals surface area contributed by atoms with Crippen LogP contribution in [-0.2, 0) is 0 Å². The lowest BCUT2D eigenvalue weighted by molar-refractivity contribution is 0.551. The molecule has 2 nitrogen and oxygen atoms in total. The molecule has 1 unspecified atom stereocenters. The molecule has 60 valence electrons. The zero-order valence-corrected chi connectivity index (χ0v) is 7.20. The molecule has 0 spiro atoms. The van der Waals surface area contributed by atoms with Crippen molar-refractivity contribution >= 4 is 0 Å². The molecule has 0 radical (unpaired) electrons. The maximum atomic E-state index is 3.77. The summed E-state index contributed by atoms with van der Waals surface area (Å²) in [6.07, 6.45) is 1.14. The van der Waals surface area contributed by atoms with Gasteiger partial charge < -0.3 is 10.6 Å². The van der Waals surface area contributed by atoms with Crippen LogP contribution in [0.4, 0.5) is 0 Å². The molecular weight excluding hydrogens is 124 g/mol. The normalized spacial score (nSPS) is 12.7. The summed E-state index contributed by atoms with van der Waals surface area (Å²) in [5.41, 5.74) is 1.05. The van der Waals surface area contributed by atoms with Gasteiger partial charge in [-0.3, -0.25) is 0 Å². The smallest absolute Gasteiger partial charge is 0.0241 e. The molecule has 0 bridgehead atoms. The van der Waals surface area contributed by atoms with Crippen molar-refractivity contribution in [3.63, 3.8) is 0 Å². The second kappa shape index (κ2) is 5.30. The molecule has 0 aliphatic rings.